The highest BCUT2D eigenvalue weighted by atomic mass is 16.5. The van der Waals surface area contributed by atoms with Crippen LogP contribution in [-0.4, -0.2) is 37.1 Å². The number of nitrogens with one attached hydrogen (secondary N) is 1. The Morgan fingerprint density at radius 1 is 1.42 bits per heavy atom. The maximum atomic E-state index is 12.7. The summed E-state index contributed by atoms with van der Waals surface area (Å²) in [6.07, 6.45) is 4.28. The van der Waals surface area contributed by atoms with Crippen LogP contribution in [0.1, 0.15) is 25.3 Å². The van der Waals surface area contributed by atoms with Crippen LogP contribution < -0.4 is 5.32 Å². The molecule has 3 heterocycles. The summed E-state index contributed by atoms with van der Waals surface area (Å²) in [6.45, 7) is 4.15. The fourth-order valence-electron chi connectivity index (χ4n) is 5.61. The van der Waals surface area contributed by atoms with Crippen molar-refractivity contribution < 1.29 is 9.53 Å². The van der Waals surface area contributed by atoms with Crippen LogP contribution in [0.25, 0.3) is 0 Å². The van der Waals surface area contributed by atoms with E-state index >= 15 is 0 Å². The van der Waals surface area contributed by atoms with Crippen molar-refractivity contribution in [1.29, 1.82) is 0 Å². The number of ether oxygens (including phenoxy) is 1. The smallest absolute Gasteiger partial charge is 0.336 e. The molecule has 4 nitrogen and oxygen atoms in total. The lowest BCUT2D eigenvalue weighted by Gasteiger charge is -2.48. The molecule has 0 aromatic heterocycles. The molecule has 1 unspecified atom stereocenters. The maximum absolute atomic E-state index is 12.7. The molecule has 0 saturated carbocycles. The number of esters is 1. The van der Waals surface area contributed by atoms with E-state index in [9.17, 15) is 4.79 Å². The highest BCUT2D eigenvalue weighted by molar-refractivity contribution is 5.94. The predicted octanol–water partition coefficient (Wildman–Crippen LogP) is 2.83. The fourth-order valence-corrected chi connectivity index (χ4v) is 5.61. The summed E-state index contributed by atoms with van der Waals surface area (Å²) in [4.78, 5) is 15.3. The third-order valence-corrected chi connectivity index (χ3v) is 6.60. The van der Waals surface area contributed by atoms with Crippen molar-refractivity contribution in [3.63, 3.8) is 0 Å². The Morgan fingerprint density at radius 2 is 2.25 bits per heavy atom. The molecule has 24 heavy (non-hydrogen) atoms. The van der Waals surface area contributed by atoms with E-state index in [-0.39, 0.29) is 17.3 Å². The first-order valence-electron chi connectivity index (χ1n) is 8.79. The fraction of sp³-hybridized carbons (Fsp3) is 0.450. The van der Waals surface area contributed by atoms with Crippen molar-refractivity contribution in [2.45, 2.75) is 31.2 Å². The van der Waals surface area contributed by atoms with Crippen molar-refractivity contribution in [2.24, 2.45) is 5.92 Å². The largest absolute Gasteiger partial charge is 0.466 e. The number of piperidine rings is 1. The van der Waals surface area contributed by atoms with Gasteiger partial charge >= 0.3 is 5.97 Å². The van der Waals surface area contributed by atoms with Crippen molar-refractivity contribution in [1.82, 2.24) is 4.90 Å². The van der Waals surface area contributed by atoms with E-state index in [0.29, 0.717) is 6.04 Å². The maximum Gasteiger partial charge on any atom is 0.336 e. The molecule has 4 aliphatic rings. The van der Waals surface area contributed by atoms with Gasteiger partial charge in [-0.05, 0) is 31.4 Å². The Kier molecular flexibility index (Phi) is 2.82. The molecule has 1 aliphatic carbocycles. The number of methoxy groups -OCH3 is 1. The molecule has 5 rings (SSSR count). The van der Waals surface area contributed by atoms with Gasteiger partial charge in [-0.1, -0.05) is 29.8 Å². The Morgan fingerprint density at radius 3 is 3.04 bits per heavy atom. The van der Waals surface area contributed by atoms with E-state index in [1.54, 1.807) is 0 Å². The first kappa shape index (κ1) is 14.3. The number of anilines is 1. The van der Waals surface area contributed by atoms with Gasteiger partial charge in [0.2, 0.25) is 0 Å². The number of hydrogen-bond donors (Lipinski definition) is 1. The Labute approximate surface area is 142 Å². The summed E-state index contributed by atoms with van der Waals surface area (Å²) in [7, 11) is 1.50. The lowest BCUT2D eigenvalue weighted by molar-refractivity contribution is -0.137. The molecule has 3 atom stereocenters. The van der Waals surface area contributed by atoms with Gasteiger partial charge in [-0.3, -0.25) is 4.90 Å². The van der Waals surface area contributed by atoms with Gasteiger partial charge in [0.25, 0.3) is 0 Å². The van der Waals surface area contributed by atoms with Gasteiger partial charge in [-0.15, -0.1) is 0 Å². The predicted molar refractivity (Wildman–Crippen MR) is 92.6 cm³/mol. The van der Waals surface area contributed by atoms with Gasteiger partial charge in [-0.2, -0.15) is 0 Å². The summed E-state index contributed by atoms with van der Waals surface area (Å²) in [5.41, 5.74) is 5.78. The zero-order valence-electron chi connectivity index (χ0n) is 14.1. The van der Waals surface area contributed by atoms with Crippen LogP contribution in [0, 0.1) is 5.92 Å². The molecule has 124 valence electrons. The molecule has 0 radical (unpaired) electrons. The second-order valence-corrected chi connectivity index (χ2v) is 7.31. The number of allylic oxidation sites excluding steroid dienone is 1. The number of carbonyl (C=O) groups excluding carboxylic acids is 1. The number of benzene rings is 1. The van der Waals surface area contributed by atoms with Crippen LogP contribution in [0.5, 0.6) is 0 Å². The summed E-state index contributed by atoms with van der Waals surface area (Å²) in [5, 5.41) is 3.62. The van der Waals surface area contributed by atoms with Gasteiger partial charge in [0, 0.05) is 36.4 Å². The minimum absolute atomic E-state index is 0.0596. The van der Waals surface area contributed by atoms with Crippen LogP contribution in [0.15, 0.2) is 47.2 Å². The first-order chi connectivity index (χ1) is 11.7. The van der Waals surface area contributed by atoms with Gasteiger partial charge in [-0.25, -0.2) is 4.79 Å². The van der Waals surface area contributed by atoms with Crippen molar-refractivity contribution in [3.8, 4) is 0 Å². The molecule has 1 N–H and O–H groups in total. The number of para-hydroxylation sites is 1. The highest BCUT2D eigenvalue weighted by Crippen LogP contribution is 2.61. The lowest BCUT2D eigenvalue weighted by Crippen LogP contribution is -2.53. The molecule has 2 saturated heterocycles. The number of rotatable bonds is 1. The molecule has 1 aromatic carbocycles. The summed E-state index contributed by atoms with van der Waals surface area (Å²) in [6, 6.07) is 9.03. The minimum Gasteiger partial charge on any atom is -0.466 e. The molecular weight excluding hydrogens is 300 g/mol. The molecule has 0 amide bonds. The van der Waals surface area contributed by atoms with E-state index in [2.05, 4.69) is 47.5 Å². The molecule has 4 heteroatoms. The average Bonchev–Trinajstić information content (AvgIpc) is 3.17. The first-order valence-corrected chi connectivity index (χ1v) is 8.79. The van der Waals surface area contributed by atoms with Crippen molar-refractivity contribution in [2.75, 3.05) is 25.5 Å². The second kappa shape index (κ2) is 4.73. The lowest BCUT2D eigenvalue weighted by atomic mass is 9.62. The quantitative estimate of drug-likeness (QED) is 0.638. The summed E-state index contributed by atoms with van der Waals surface area (Å²) < 4.78 is 5.21. The Bertz CT molecular complexity index is 810. The Balaban J connectivity index is 1.82. The van der Waals surface area contributed by atoms with Gasteiger partial charge < -0.3 is 10.1 Å². The number of nitrogens with zero attached hydrogens (tertiary/aromatic N) is 1. The molecule has 1 aromatic rings. The Hall–Kier alpha value is -2.07. The SMILES string of the molecule is C/C=C1/CN2CC[C@]34C(=C(C(=O)OC)C1C[C@H]23)Nc1ccccc14. The van der Waals surface area contributed by atoms with Gasteiger partial charge in [0.15, 0.2) is 0 Å². The van der Waals surface area contributed by atoms with E-state index in [1.807, 2.05) is 0 Å². The average molecular weight is 322 g/mol. The molecule has 2 fully saturated rings. The zero-order chi connectivity index (χ0) is 16.5. The molecular formula is C20H22N2O2. The molecule has 2 bridgehead atoms. The van der Waals surface area contributed by atoms with E-state index < -0.39 is 0 Å². The second-order valence-electron chi connectivity index (χ2n) is 7.31. The molecule has 1 spiro atoms. The third-order valence-electron chi connectivity index (χ3n) is 6.60. The van der Waals surface area contributed by atoms with Crippen molar-refractivity contribution in [3.05, 3.63) is 52.7 Å². The standard InChI is InChI=1S/C20H22N2O2/c1-3-12-11-22-9-8-20-14-6-4-5-7-15(14)21-18(20)17(19(23)24-2)13(12)10-16(20)22/h3-7,13,16,21H,8-11H2,1-2H3/b12-3-/t13?,16-,20+/m0/s1. The number of hydrogen-bond acceptors (Lipinski definition) is 4. The monoisotopic (exact) mass is 322 g/mol. The normalized spacial score (nSPS) is 34.8. The minimum atomic E-state index is -0.173. The topological polar surface area (TPSA) is 41.6 Å². The van der Waals surface area contributed by atoms with E-state index in [1.165, 1.54) is 18.2 Å². The van der Waals surface area contributed by atoms with Crippen LogP contribution in [0.3, 0.4) is 0 Å². The molecule has 3 aliphatic heterocycles. The summed E-state index contributed by atoms with van der Waals surface area (Å²) in [5.74, 6) is 0.0135. The van der Waals surface area contributed by atoms with Crippen LogP contribution in [0.4, 0.5) is 5.69 Å². The number of carbonyl (C=O) groups is 1. The van der Waals surface area contributed by atoms with E-state index in [4.69, 9.17) is 4.74 Å². The van der Waals surface area contributed by atoms with Crippen LogP contribution >= 0.6 is 0 Å². The summed E-state index contributed by atoms with van der Waals surface area (Å²) >= 11 is 0. The highest BCUT2D eigenvalue weighted by Gasteiger charge is 2.62. The van der Waals surface area contributed by atoms with Crippen molar-refractivity contribution >= 4 is 11.7 Å². The van der Waals surface area contributed by atoms with Crippen LogP contribution in [0.2, 0.25) is 0 Å². The third kappa shape index (κ3) is 1.50. The van der Waals surface area contributed by atoms with E-state index in [0.717, 1.165) is 42.9 Å². The zero-order valence-corrected chi connectivity index (χ0v) is 14.1. The van der Waals surface area contributed by atoms with Crippen LogP contribution in [-0.2, 0) is 14.9 Å². The van der Waals surface area contributed by atoms with Gasteiger partial charge in [0.05, 0.1) is 18.1 Å². The van der Waals surface area contributed by atoms with Gasteiger partial charge in [0.1, 0.15) is 0 Å². The number of fused-ring (bicyclic) bond motifs is 2.